The number of halogens is 1. The van der Waals surface area contributed by atoms with Crippen molar-refractivity contribution in [2.24, 2.45) is 0 Å². The molecule has 10 heteroatoms. The van der Waals surface area contributed by atoms with E-state index in [2.05, 4.69) is 36.2 Å². The van der Waals surface area contributed by atoms with Gasteiger partial charge in [-0.25, -0.2) is 4.68 Å². The van der Waals surface area contributed by atoms with E-state index in [0.717, 1.165) is 59.0 Å². The predicted molar refractivity (Wildman–Crippen MR) is 137 cm³/mol. The van der Waals surface area contributed by atoms with Crippen LogP contribution in [0.5, 0.6) is 0 Å². The number of nitrogens with one attached hydrogen (secondary N) is 2. The van der Waals surface area contributed by atoms with Crippen LogP contribution in [0.4, 0.5) is 5.69 Å². The van der Waals surface area contributed by atoms with Crippen LogP contribution in [0.15, 0.2) is 45.9 Å². The third-order valence-corrected chi connectivity index (χ3v) is 7.41. The van der Waals surface area contributed by atoms with Crippen molar-refractivity contribution in [3.8, 4) is 0 Å². The highest BCUT2D eigenvalue weighted by Crippen LogP contribution is 2.26. The van der Waals surface area contributed by atoms with E-state index in [-0.39, 0.29) is 23.4 Å². The number of likely N-dealkylation sites (tertiary alicyclic amines) is 1. The molecule has 2 N–H and O–H groups in total. The first-order valence-electron chi connectivity index (χ1n) is 12.0. The van der Waals surface area contributed by atoms with Crippen molar-refractivity contribution in [2.75, 3.05) is 31.1 Å². The maximum Gasteiger partial charge on any atom is 0.269 e. The zero-order valence-electron chi connectivity index (χ0n) is 19.7. The van der Waals surface area contributed by atoms with Gasteiger partial charge in [-0.05, 0) is 43.0 Å². The average Bonchev–Trinajstić information content (AvgIpc) is 3.18. The summed E-state index contributed by atoms with van der Waals surface area (Å²) in [5.41, 5.74) is 2.65. The number of aromatic amines is 1. The van der Waals surface area contributed by atoms with E-state index >= 15 is 0 Å². The summed E-state index contributed by atoms with van der Waals surface area (Å²) in [4.78, 5) is 45.5. The third kappa shape index (κ3) is 4.98. The van der Waals surface area contributed by atoms with Crippen molar-refractivity contribution in [3.63, 3.8) is 0 Å². The smallest absolute Gasteiger partial charge is 0.269 e. The van der Waals surface area contributed by atoms with Crippen molar-refractivity contribution in [2.45, 2.75) is 44.7 Å². The fraction of sp³-hybridized carbons (Fsp3) is 0.440. The Kier molecular flexibility index (Phi) is 6.64. The van der Waals surface area contributed by atoms with Crippen LogP contribution in [0, 0.1) is 0 Å². The van der Waals surface area contributed by atoms with Crippen molar-refractivity contribution >= 4 is 44.3 Å². The van der Waals surface area contributed by atoms with Gasteiger partial charge in [0.25, 0.3) is 5.56 Å². The summed E-state index contributed by atoms with van der Waals surface area (Å²) in [5, 5.41) is 8.30. The highest BCUT2D eigenvalue weighted by atomic mass is 79.9. The molecule has 2 aliphatic heterocycles. The van der Waals surface area contributed by atoms with Crippen molar-refractivity contribution in [3.05, 3.63) is 57.0 Å². The molecule has 2 aromatic heterocycles. The Morgan fingerprint density at radius 3 is 2.77 bits per heavy atom. The molecule has 2 unspecified atom stereocenters. The van der Waals surface area contributed by atoms with Crippen LogP contribution in [-0.2, 0) is 16.0 Å². The van der Waals surface area contributed by atoms with Gasteiger partial charge in [-0.15, -0.1) is 0 Å². The molecule has 0 aliphatic carbocycles. The van der Waals surface area contributed by atoms with Crippen LogP contribution < -0.4 is 15.8 Å². The van der Waals surface area contributed by atoms with E-state index in [4.69, 9.17) is 0 Å². The number of H-pyrrole nitrogens is 1. The molecule has 2 atom stereocenters. The molecule has 3 aromatic rings. The first kappa shape index (κ1) is 23.6. The van der Waals surface area contributed by atoms with Crippen LogP contribution in [0.25, 0.3) is 10.9 Å². The summed E-state index contributed by atoms with van der Waals surface area (Å²) in [7, 11) is 0. The molecule has 4 heterocycles. The van der Waals surface area contributed by atoms with E-state index < -0.39 is 6.04 Å². The number of fused-ring (bicyclic) bond motifs is 1. The Bertz CT molecular complexity index is 1310. The highest BCUT2D eigenvalue weighted by molar-refractivity contribution is 9.10. The fourth-order valence-electron chi connectivity index (χ4n) is 4.99. The van der Waals surface area contributed by atoms with Crippen molar-refractivity contribution < 1.29 is 9.59 Å². The standard InChI is InChI=1S/C25H29BrN6O3/c1-16(33)29-23(10-17-13-27-22-6-5-18(26)11-21(17)22)25(35)31-7-2-4-19(15-31)32-24(34)12-20(14-28-32)30-8-3-9-30/h5-6,11-14,19,23,27H,2-4,7-10,15H2,1H3,(H,29,33). The van der Waals surface area contributed by atoms with Crippen LogP contribution in [0.1, 0.15) is 37.8 Å². The lowest BCUT2D eigenvalue weighted by molar-refractivity contribution is -0.137. The quantitative estimate of drug-likeness (QED) is 0.500. The first-order valence-corrected chi connectivity index (χ1v) is 12.8. The van der Waals surface area contributed by atoms with Crippen molar-refractivity contribution in [1.82, 2.24) is 25.0 Å². The summed E-state index contributed by atoms with van der Waals surface area (Å²) in [6.07, 6.45) is 6.69. The lowest BCUT2D eigenvalue weighted by Gasteiger charge is -2.36. The van der Waals surface area contributed by atoms with Crippen LogP contribution in [-0.4, -0.2) is 63.7 Å². The molecule has 9 nitrogen and oxygen atoms in total. The van der Waals surface area contributed by atoms with Gasteiger partial charge in [0.15, 0.2) is 0 Å². The largest absolute Gasteiger partial charge is 0.370 e. The van der Waals surface area contributed by atoms with E-state index in [1.165, 1.54) is 11.6 Å². The molecule has 2 aliphatic rings. The lowest BCUT2D eigenvalue weighted by atomic mass is 10.0. The molecule has 0 radical (unpaired) electrons. The van der Waals surface area contributed by atoms with E-state index in [1.54, 1.807) is 17.2 Å². The summed E-state index contributed by atoms with van der Waals surface area (Å²) in [6, 6.07) is 6.71. The zero-order chi connectivity index (χ0) is 24.5. The molecule has 0 bridgehead atoms. The molecule has 5 rings (SSSR count). The highest BCUT2D eigenvalue weighted by Gasteiger charge is 2.31. The monoisotopic (exact) mass is 540 g/mol. The van der Waals surface area contributed by atoms with Gasteiger partial charge in [0, 0.05) is 67.2 Å². The fourth-order valence-corrected chi connectivity index (χ4v) is 5.35. The number of carbonyl (C=O) groups excluding carboxylic acids is 2. The molecule has 0 spiro atoms. The second-order valence-corrected chi connectivity index (χ2v) is 10.3. The number of aromatic nitrogens is 3. The van der Waals surface area contributed by atoms with E-state index in [1.807, 2.05) is 24.4 Å². The summed E-state index contributed by atoms with van der Waals surface area (Å²) in [5.74, 6) is -0.392. The van der Waals surface area contributed by atoms with Gasteiger partial charge in [0.05, 0.1) is 17.9 Å². The molecule has 0 saturated carbocycles. The minimum absolute atomic E-state index is 0.139. The Hall–Kier alpha value is -3.14. The van der Waals surface area contributed by atoms with Crippen LogP contribution >= 0.6 is 15.9 Å². The molecular formula is C25H29BrN6O3. The second-order valence-electron chi connectivity index (χ2n) is 9.38. The molecule has 1 aromatic carbocycles. The predicted octanol–water partition coefficient (Wildman–Crippen LogP) is 2.61. The number of carbonyl (C=O) groups is 2. The van der Waals surface area contributed by atoms with Gasteiger partial charge in [0.2, 0.25) is 11.8 Å². The second kappa shape index (κ2) is 9.85. The molecule has 2 amide bonds. The summed E-state index contributed by atoms with van der Waals surface area (Å²) >= 11 is 3.51. The minimum atomic E-state index is -0.692. The molecule has 2 saturated heterocycles. The third-order valence-electron chi connectivity index (χ3n) is 6.92. The summed E-state index contributed by atoms with van der Waals surface area (Å²) in [6.45, 7) is 4.31. The summed E-state index contributed by atoms with van der Waals surface area (Å²) < 4.78 is 2.46. The van der Waals surface area contributed by atoms with Gasteiger partial charge < -0.3 is 20.1 Å². The van der Waals surface area contributed by atoms with Gasteiger partial charge in [-0.1, -0.05) is 15.9 Å². The molecule has 184 valence electrons. The minimum Gasteiger partial charge on any atom is -0.370 e. The maximum atomic E-state index is 13.6. The van der Waals surface area contributed by atoms with Crippen LogP contribution in [0.2, 0.25) is 0 Å². The topological polar surface area (TPSA) is 103 Å². The number of amides is 2. The van der Waals surface area contributed by atoms with E-state index in [9.17, 15) is 14.4 Å². The number of benzene rings is 1. The van der Waals surface area contributed by atoms with Gasteiger partial charge in [0.1, 0.15) is 6.04 Å². The zero-order valence-corrected chi connectivity index (χ0v) is 21.3. The molecule has 2 fully saturated rings. The number of nitrogens with zero attached hydrogens (tertiary/aromatic N) is 4. The SMILES string of the molecule is CC(=O)NC(Cc1c[nH]c2ccc(Br)cc12)C(=O)N1CCCC(n2ncc(N3CCC3)cc2=O)C1. The van der Waals surface area contributed by atoms with E-state index in [0.29, 0.717) is 19.5 Å². The average molecular weight is 541 g/mol. The van der Waals surface area contributed by atoms with Crippen LogP contribution in [0.3, 0.4) is 0 Å². The number of piperidine rings is 1. The Morgan fingerprint density at radius 1 is 1.23 bits per heavy atom. The number of hydrogen-bond donors (Lipinski definition) is 2. The lowest BCUT2D eigenvalue weighted by Crippen LogP contribution is -2.52. The molecule has 35 heavy (non-hydrogen) atoms. The number of rotatable bonds is 6. The van der Waals surface area contributed by atoms with Crippen molar-refractivity contribution in [1.29, 1.82) is 0 Å². The number of hydrogen-bond acceptors (Lipinski definition) is 5. The van der Waals surface area contributed by atoms with Gasteiger partial charge in [-0.3, -0.25) is 14.4 Å². The normalized spacial score (nSPS) is 18.9. The Labute approximate surface area is 211 Å². The first-order chi connectivity index (χ1) is 16.9. The Balaban J connectivity index is 1.34. The Morgan fingerprint density at radius 2 is 2.06 bits per heavy atom. The number of anilines is 1. The molecular weight excluding hydrogens is 512 g/mol. The maximum absolute atomic E-state index is 13.6. The van der Waals surface area contributed by atoms with Gasteiger partial charge in [-0.2, -0.15) is 5.10 Å². The van der Waals surface area contributed by atoms with Gasteiger partial charge >= 0.3 is 0 Å².